The Bertz CT molecular complexity index is 813. The molecule has 2 aromatic heterocycles. The van der Waals surface area contributed by atoms with E-state index >= 15 is 0 Å². The predicted octanol–water partition coefficient (Wildman–Crippen LogP) is 5.02. The van der Waals surface area contributed by atoms with Crippen LogP contribution in [0.3, 0.4) is 0 Å². The van der Waals surface area contributed by atoms with Crippen molar-refractivity contribution in [1.82, 2.24) is 9.38 Å². The van der Waals surface area contributed by atoms with E-state index in [0.717, 1.165) is 10.5 Å². The van der Waals surface area contributed by atoms with Crippen LogP contribution >= 0.6 is 11.3 Å². The number of hydrogen-bond acceptors (Lipinski definition) is 5. The fraction of sp³-hybridized carbons (Fsp3) is 0.737. The van der Waals surface area contributed by atoms with Crippen LogP contribution < -0.4 is 2.89 Å². The summed E-state index contributed by atoms with van der Waals surface area (Å²) in [6.07, 6.45) is 15.3. The predicted molar refractivity (Wildman–Crippen MR) is 115 cm³/mol. The van der Waals surface area contributed by atoms with Gasteiger partial charge in [0.25, 0.3) is 0 Å². The molecular formula is C19H31N3O2S2Sn. The van der Waals surface area contributed by atoms with Crippen LogP contribution in [-0.2, 0) is 17.0 Å². The fourth-order valence-electron chi connectivity index (χ4n) is 3.54. The van der Waals surface area contributed by atoms with Gasteiger partial charge in [-0.2, -0.15) is 0 Å². The fourth-order valence-corrected chi connectivity index (χ4v) is 12.4. The molecule has 0 saturated carbocycles. The Kier molecular flexibility index (Phi) is 9.79. The molecule has 2 aromatic rings. The number of nitrogens with zero attached hydrogens (tertiary/aromatic N) is 3. The van der Waals surface area contributed by atoms with E-state index in [0.29, 0.717) is 3.43 Å². The molecule has 0 aliphatic heterocycles. The van der Waals surface area contributed by atoms with Gasteiger partial charge in [-0.05, 0) is 0 Å². The second-order valence-corrected chi connectivity index (χ2v) is 15.1. The van der Waals surface area contributed by atoms with Gasteiger partial charge in [0, 0.05) is 0 Å². The third-order valence-electron chi connectivity index (χ3n) is 5.09. The summed E-state index contributed by atoms with van der Waals surface area (Å²) >= 11 is 0.910. The molecular weight excluding hydrogens is 485 g/mol. The van der Waals surface area contributed by atoms with Crippen molar-refractivity contribution in [3.8, 4) is 0 Å². The second kappa shape index (κ2) is 11.6. The maximum absolute atomic E-state index is 11.0. The Labute approximate surface area is 178 Å². The van der Waals surface area contributed by atoms with Crippen LogP contribution in [-0.4, -0.2) is 38.9 Å². The third-order valence-corrected chi connectivity index (χ3v) is 13.1. The van der Waals surface area contributed by atoms with E-state index < -0.39 is 31.6 Å². The molecule has 2 heterocycles. The number of thiazole rings is 1. The van der Waals surface area contributed by atoms with Crippen LogP contribution in [0.2, 0.25) is 3.43 Å². The van der Waals surface area contributed by atoms with Gasteiger partial charge in [0.2, 0.25) is 0 Å². The summed E-state index contributed by atoms with van der Waals surface area (Å²) in [5, 5.41) is 0. The van der Waals surface area contributed by atoms with Crippen molar-refractivity contribution in [2.45, 2.75) is 88.5 Å². The Morgan fingerprint density at radius 1 is 1.11 bits per heavy atom. The van der Waals surface area contributed by atoms with Crippen LogP contribution in [0.25, 0.3) is 4.83 Å². The first kappa shape index (κ1) is 22.9. The molecule has 8 heteroatoms. The molecule has 0 aromatic carbocycles. The summed E-state index contributed by atoms with van der Waals surface area (Å²) in [7, 11) is -2.36. The number of fused-ring (bicyclic) bond motifs is 1. The van der Waals surface area contributed by atoms with Crippen molar-refractivity contribution in [3.05, 3.63) is 18.2 Å². The molecule has 5 nitrogen and oxygen atoms in total. The Morgan fingerprint density at radius 3 is 2.22 bits per heavy atom. The van der Waals surface area contributed by atoms with Gasteiger partial charge in [-0.3, -0.25) is 0 Å². The average molecular weight is 516 g/mol. The second-order valence-electron chi connectivity index (χ2n) is 7.20. The molecule has 2 rings (SSSR count). The molecule has 150 valence electrons. The first-order chi connectivity index (χ1) is 13.0. The van der Waals surface area contributed by atoms with Gasteiger partial charge in [0.15, 0.2) is 0 Å². The molecule has 0 saturated heterocycles. The van der Waals surface area contributed by atoms with Crippen LogP contribution in [0.1, 0.15) is 84.3 Å². The Morgan fingerprint density at radius 2 is 1.70 bits per heavy atom. The van der Waals surface area contributed by atoms with E-state index in [4.69, 9.17) is 0 Å². The van der Waals surface area contributed by atoms with E-state index in [1.807, 2.05) is 17.5 Å². The number of unbranched alkanes of at least 4 members (excludes halogenated alkanes) is 3. The summed E-state index contributed by atoms with van der Waals surface area (Å²) in [5.41, 5.74) is 1.07. The van der Waals surface area contributed by atoms with E-state index in [1.54, 1.807) is 6.33 Å². The van der Waals surface area contributed by atoms with Crippen molar-refractivity contribution in [2.24, 2.45) is 4.36 Å². The molecule has 0 N–H and O–H groups in total. The minimum absolute atomic E-state index is 0.244. The van der Waals surface area contributed by atoms with Gasteiger partial charge >= 0.3 is 180 Å². The third kappa shape index (κ3) is 6.56. The molecule has 2 radical (unpaired) electrons. The molecule has 0 aliphatic carbocycles. The van der Waals surface area contributed by atoms with Gasteiger partial charge in [-0.25, -0.2) is 0 Å². The van der Waals surface area contributed by atoms with E-state index in [-0.39, 0.29) is 6.54 Å². The first-order valence-electron chi connectivity index (χ1n) is 10.0. The number of hydrogen-bond donors (Lipinski definition) is 0. The normalized spacial score (nSPS) is 12.0. The van der Waals surface area contributed by atoms with Crippen molar-refractivity contribution >= 4 is 50.7 Å². The zero-order valence-corrected chi connectivity index (χ0v) is 21.2. The van der Waals surface area contributed by atoms with Gasteiger partial charge in [-0.15, -0.1) is 0 Å². The van der Waals surface area contributed by atoms with E-state index in [2.05, 4.69) is 34.5 Å². The van der Waals surface area contributed by atoms with Gasteiger partial charge in [-0.1, -0.05) is 0 Å². The number of aromatic nitrogens is 2. The quantitative estimate of drug-likeness (QED) is 0.352. The molecule has 0 bridgehead atoms. The first-order valence-corrected chi connectivity index (χ1v) is 14.7. The summed E-state index contributed by atoms with van der Waals surface area (Å²) in [6.45, 7) is 7.09. The average Bonchev–Trinajstić information content (AvgIpc) is 3.22. The Balaban J connectivity index is 2.40. The van der Waals surface area contributed by atoms with Crippen molar-refractivity contribution in [2.75, 3.05) is 0 Å². The van der Waals surface area contributed by atoms with Crippen molar-refractivity contribution < 1.29 is 8.42 Å². The molecule has 0 fully saturated rings. The van der Waals surface area contributed by atoms with Crippen LogP contribution in [0, 0.1) is 0 Å². The maximum atomic E-state index is 11.0. The molecule has 0 spiro atoms. The zero-order chi connectivity index (χ0) is 19.7. The molecule has 0 unspecified atom stereocenters. The van der Waals surface area contributed by atoms with E-state index in [9.17, 15) is 8.42 Å². The van der Waals surface area contributed by atoms with Gasteiger partial charge in [0.1, 0.15) is 0 Å². The zero-order valence-electron chi connectivity index (χ0n) is 16.7. The van der Waals surface area contributed by atoms with Crippen LogP contribution in [0.5, 0.6) is 0 Å². The number of imidazole rings is 1. The standard InChI is InChI=1S/C13H27.C6H4N3O2S2.Sn/c1-4-7-10-13(11-8-5-2)12-9-6-3;10-13(11)8-1-5-3-12-6-2-7-4-9(5)6;/h4-12H2,1-3H3;2,4H,1H2;. The van der Waals surface area contributed by atoms with Crippen LogP contribution in [0.4, 0.5) is 0 Å². The van der Waals surface area contributed by atoms with Gasteiger partial charge in [0.05, 0.1) is 0 Å². The number of rotatable bonds is 13. The molecule has 27 heavy (non-hydrogen) atoms. The van der Waals surface area contributed by atoms with Crippen molar-refractivity contribution in [1.29, 1.82) is 0 Å². The Hall–Kier alpha value is -0.411. The SMILES string of the molecule is CCCC[C](CCCC)(CCCC)[Sn][c]1sc2cncn2c1CN=S(=O)=O. The summed E-state index contributed by atoms with van der Waals surface area (Å²) in [5.74, 6) is 0. The van der Waals surface area contributed by atoms with Crippen LogP contribution in [0.15, 0.2) is 16.9 Å². The summed E-state index contributed by atoms with van der Waals surface area (Å²) in [6, 6.07) is 0. The summed E-state index contributed by atoms with van der Waals surface area (Å²) < 4.78 is 29.8. The molecule has 0 amide bonds. The van der Waals surface area contributed by atoms with Gasteiger partial charge < -0.3 is 0 Å². The van der Waals surface area contributed by atoms with E-state index in [1.165, 1.54) is 60.7 Å². The van der Waals surface area contributed by atoms with Crippen molar-refractivity contribution in [3.63, 3.8) is 0 Å². The monoisotopic (exact) mass is 517 g/mol. The summed E-state index contributed by atoms with van der Waals surface area (Å²) in [4.78, 5) is 5.35. The molecule has 0 atom stereocenters. The minimum atomic E-state index is -2.36. The molecule has 0 aliphatic rings. The topological polar surface area (TPSA) is 63.8 Å².